The normalized spacial score (nSPS) is 27.0. The molecule has 0 aromatic heterocycles. The number of ether oxygens (including phenoxy) is 1. The number of amides is 2. The Hall–Kier alpha value is -1.88. The molecular formula is C26H36N2O3. The predicted molar refractivity (Wildman–Crippen MR) is 121 cm³/mol. The zero-order valence-electron chi connectivity index (χ0n) is 18.7. The second-order valence-electron chi connectivity index (χ2n) is 9.97. The number of piperidine rings is 1. The lowest BCUT2D eigenvalue weighted by Gasteiger charge is -2.33. The summed E-state index contributed by atoms with van der Waals surface area (Å²) in [4.78, 5) is 30.8. The maximum Gasteiger partial charge on any atom is 0.263 e. The molecule has 5 rings (SSSR count). The molecule has 3 aliphatic heterocycles. The van der Waals surface area contributed by atoms with Gasteiger partial charge in [-0.2, -0.15) is 0 Å². The summed E-state index contributed by atoms with van der Waals surface area (Å²) >= 11 is 0. The van der Waals surface area contributed by atoms with Crippen molar-refractivity contribution in [1.29, 1.82) is 0 Å². The molecule has 4 aliphatic rings. The van der Waals surface area contributed by atoms with Gasteiger partial charge in [0.2, 0.25) is 0 Å². The van der Waals surface area contributed by atoms with Crippen molar-refractivity contribution in [3.05, 3.63) is 29.3 Å². The molecule has 1 aromatic rings. The summed E-state index contributed by atoms with van der Waals surface area (Å²) in [7, 11) is 0. The smallest absolute Gasteiger partial charge is 0.263 e. The molecule has 1 aliphatic carbocycles. The number of carbonyl (C=O) groups is 2. The molecule has 1 aromatic carbocycles. The monoisotopic (exact) mass is 424 g/mol. The number of anilines is 1. The molecule has 31 heavy (non-hydrogen) atoms. The van der Waals surface area contributed by atoms with Crippen LogP contribution in [0.3, 0.4) is 0 Å². The van der Waals surface area contributed by atoms with Crippen LogP contribution in [0.4, 0.5) is 5.69 Å². The van der Waals surface area contributed by atoms with Crippen LogP contribution in [0.1, 0.15) is 93.0 Å². The number of benzene rings is 1. The SMILES string of the molecule is O=C(c1ccc2c(c1)C1(CCCCO1)C(=O)N2CCC1CCCCC1)N1CCCCC1. The molecular weight excluding hydrogens is 388 g/mol. The fraction of sp³-hybridized carbons (Fsp3) is 0.692. The third-order valence-corrected chi connectivity index (χ3v) is 7.96. The number of likely N-dealkylation sites (tertiary alicyclic amines) is 1. The minimum Gasteiger partial charge on any atom is -0.360 e. The topological polar surface area (TPSA) is 49.9 Å². The highest BCUT2D eigenvalue weighted by Gasteiger charge is 2.52. The lowest BCUT2D eigenvalue weighted by molar-refractivity contribution is -0.150. The Labute approximate surface area is 186 Å². The first-order valence-corrected chi connectivity index (χ1v) is 12.6. The maximum absolute atomic E-state index is 13.7. The lowest BCUT2D eigenvalue weighted by atomic mass is 9.86. The van der Waals surface area contributed by atoms with Crippen molar-refractivity contribution in [2.45, 2.75) is 82.7 Å². The number of rotatable bonds is 4. The van der Waals surface area contributed by atoms with E-state index in [9.17, 15) is 9.59 Å². The van der Waals surface area contributed by atoms with Crippen molar-refractivity contribution in [1.82, 2.24) is 4.90 Å². The third-order valence-electron chi connectivity index (χ3n) is 7.96. The van der Waals surface area contributed by atoms with E-state index in [0.29, 0.717) is 12.2 Å². The van der Waals surface area contributed by atoms with Crippen LogP contribution in [-0.4, -0.2) is 43.0 Å². The van der Waals surface area contributed by atoms with Gasteiger partial charge in [-0.3, -0.25) is 9.59 Å². The van der Waals surface area contributed by atoms with Crippen molar-refractivity contribution in [2.75, 3.05) is 31.1 Å². The van der Waals surface area contributed by atoms with E-state index >= 15 is 0 Å². The third kappa shape index (κ3) is 3.90. The summed E-state index contributed by atoms with van der Waals surface area (Å²) in [6, 6.07) is 5.92. The van der Waals surface area contributed by atoms with Gasteiger partial charge in [-0.05, 0) is 69.1 Å². The molecule has 1 saturated carbocycles. The Morgan fingerprint density at radius 3 is 2.52 bits per heavy atom. The van der Waals surface area contributed by atoms with E-state index in [0.717, 1.165) is 75.3 Å². The van der Waals surface area contributed by atoms with Crippen LogP contribution in [0.2, 0.25) is 0 Å². The summed E-state index contributed by atoms with van der Waals surface area (Å²) in [6.45, 7) is 3.06. The van der Waals surface area contributed by atoms with E-state index in [1.54, 1.807) is 0 Å². The Morgan fingerprint density at radius 2 is 1.77 bits per heavy atom. The molecule has 3 fully saturated rings. The highest BCUT2D eigenvalue weighted by molar-refractivity contribution is 6.08. The van der Waals surface area contributed by atoms with Crippen molar-refractivity contribution >= 4 is 17.5 Å². The summed E-state index contributed by atoms with van der Waals surface area (Å²) in [5.74, 6) is 0.927. The van der Waals surface area contributed by atoms with Gasteiger partial charge in [0.25, 0.3) is 11.8 Å². The maximum atomic E-state index is 13.7. The Kier molecular flexibility index (Phi) is 6.05. The summed E-state index contributed by atoms with van der Waals surface area (Å²) in [5.41, 5.74) is 1.73. The van der Waals surface area contributed by atoms with Gasteiger partial charge in [0.05, 0.1) is 5.69 Å². The molecule has 2 saturated heterocycles. The van der Waals surface area contributed by atoms with Gasteiger partial charge < -0.3 is 14.5 Å². The van der Waals surface area contributed by atoms with Crippen LogP contribution >= 0.6 is 0 Å². The molecule has 168 valence electrons. The van der Waals surface area contributed by atoms with Crippen LogP contribution in [0.25, 0.3) is 0 Å². The largest absolute Gasteiger partial charge is 0.360 e. The molecule has 5 heteroatoms. The molecule has 0 N–H and O–H groups in total. The van der Waals surface area contributed by atoms with Crippen LogP contribution in [-0.2, 0) is 15.1 Å². The molecule has 1 unspecified atom stereocenters. The van der Waals surface area contributed by atoms with Crippen LogP contribution in [0.5, 0.6) is 0 Å². The van der Waals surface area contributed by atoms with E-state index < -0.39 is 5.60 Å². The molecule has 1 spiro atoms. The van der Waals surface area contributed by atoms with Crippen molar-refractivity contribution < 1.29 is 14.3 Å². The number of nitrogens with zero attached hydrogens (tertiary/aromatic N) is 2. The second-order valence-corrected chi connectivity index (χ2v) is 9.97. The highest BCUT2D eigenvalue weighted by Crippen LogP contribution is 2.48. The fourth-order valence-electron chi connectivity index (χ4n) is 6.14. The number of hydrogen-bond donors (Lipinski definition) is 0. The average Bonchev–Trinajstić information content (AvgIpc) is 3.05. The molecule has 5 nitrogen and oxygen atoms in total. The van der Waals surface area contributed by atoms with Gasteiger partial charge >= 0.3 is 0 Å². The van der Waals surface area contributed by atoms with Gasteiger partial charge in [0.15, 0.2) is 5.60 Å². The van der Waals surface area contributed by atoms with Crippen LogP contribution in [0, 0.1) is 5.92 Å². The van der Waals surface area contributed by atoms with Gasteiger partial charge in [0, 0.05) is 37.4 Å². The Morgan fingerprint density at radius 1 is 1.00 bits per heavy atom. The first kappa shape index (κ1) is 21.0. The standard InChI is InChI=1S/C26H36N2O3/c29-24(27-15-6-2-7-16-27)21-11-12-23-22(19-21)26(14-5-8-18-31-26)25(30)28(23)17-13-20-9-3-1-4-10-20/h11-12,19-20H,1-10,13-18H2. The minimum atomic E-state index is -0.877. The van der Waals surface area contributed by atoms with Gasteiger partial charge in [-0.15, -0.1) is 0 Å². The lowest BCUT2D eigenvalue weighted by Crippen LogP contribution is -2.45. The average molecular weight is 425 g/mol. The zero-order valence-corrected chi connectivity index (χ0v) is 18.7. The first-order valence-electron chi connectivity index (χ1n) is 12.6. The Balaban J connectivity index is 1.42. The second kappa shape index (κ2) is 8.93. The zero-order chi connectivity index (χ0) is 21.3. The van der Waals surface area contributed by atoms with Gasteiger partial charge in [0.1, 0.15) is 0 Å². The van der Waals surface area contributed by atoms with Crippen molar-refractivity contribution in [2.24, 2.45) is 5.92 Å². The van der Waals surface area contributed by atoms with Gasteiger partial charge in [-0.1, -0.05) is 32.1 Å². The first-order chi connectivity index (χ1) is 15.2. The quantitative estimate of drug-likeness (QED) is 0.681. The molecule has 0 radical (unpaired) electrons. The molecule has 3 heterocycles. The molecule has 0 bridgehead atoms. The van der Waals surface area contributed by atoms with Crippen LogP contribution in [0.15, 0.2) is 18.2 Å². The molecule has 2 amide bonds. The summed E-state index contributed by atoms with van der Waals surface area (Å²) in [5, 5.41) is 0. The van der Waals surface area contributed by atoms with E-state index in [2.05, 4.69) is 0 Å². The van der Waals surface area contributed by atoms with Crippen molar-refractivity contribution in [3.63, 3.8) is 0 Å². The van der Waals surface area contributed by atoms with Gasteiger partial charge in [-0.25, -0.2) is 0 Å². The van der Waals surface area contributed by atoms with E-state index in [-0.39, 0.29) is 11.8 Å². The van der Waals surface area contributed by atoms with Crippen molar-refractivity contribution in [3.8, 4) is 0 Å². The number of fused-ring (bicyclic) bond motifs is 2. The Bertz CT molecular complexity index is 818. The fourth-order valence-corrected chi connectivity index (χ4v) is 6.14. The number of hydrogen-bond acceptors (Lipinski definition) is 3. The number of carbonyl (C=O) groups excluding carboxylic acids is 2. The van der Waals surface area contributed by atoms with E-state index in [1.807, 2.05) is 28.0 Å². The summed E-state index contributed by atoms with van der Waals surface area (Å²) < 4.78 is 6.25. The molecule has 1 atom stereocenters. The van der Waals surface area contributed by atoms with E-state index in [1.165, 1.54) is 38.5 Å². The highest BCUT2D eigenvalue weighted by atomic mass is 16.5. The summed E-state index contributed by atoms with van der Waals surface area (Å²) in [6.07, 6.45) is 13.7. The predicted octanol–water partition coefficient (Wildman–Crippen LogP) is 5.03. The van der Waals surface area contributed by atoms with Crippen LogP contribution < -0.4 is 4.90 Å². The minimum absolute atomic E-state index is 0.0978. The van der Waals surface area contributed by atoms with E-state index in [4.69, 9.17) is 4.74 Å².